The Kier molecular flexibility index (Phi) is 1.12. The molecule has 0 aromatic rings. The molecule has 1 rings (SSSR count). The first-order chi connectivity index (χ1) is 2.93. The summed E-state index contributed by atoms with van der Waals surface area (Å²) in [7, 11) is 4.67. The molecule has 1 aliphatic heterocycles. The van der Waals surface area contributed by atoms with Crippen LogP contribution in [0.25, 0.3) is 0 Å². The van der Waals surface area contributed by atoms with Crippen LogP contribution in [0.4, 0.5) is 0 Å². The number of epoxide rings is 1. The molecule has 2 nitrogen and oxygen atoms in total. The Hall–Kier alpha value is -0.0151. The van der Waals surface area contributed by atoms with Crippen LogP contribution >= 0.6 is 0 Å². The maximum atomic E-state index is 4.67. The van der Waals surface area contributed by atoms with Crippen LogP contribution in [-0.2, 0) is 9.39 Å². The molecule has 0 amide bonds. The van der Waals surface area contributed by atoms with Gasteiger partial charge in [-0.3, -0.25) is 0 Å². The van der Waals surface area contributed by atoms with Crippen molar-refractivity contribution in [1.82, 2.24) is 0 Å². The fraction of sp³-hybridized carbons (Fsp3) is 0.667. The molecular weight excluding hydrogens is 78.8 g/mol. The second-order valence-electron chi connectivity index (χ2n) is 1.14. The summed E-state index contributed by atoms with van der Waals surface area (Å²) < 4.78 is 8.83. The van der Waals surface area contributed by atoms with Gasteiger partial charge in [0.15, 0.2) is 0 Å². The highest BCUT2D eigenvalue weighted by Crippen LogP contribution is 2.13. The van der Waals surface area contributed by atoms with Crippen LogP contribution in [0.3, 0.4) is 0 Å². The number of rotatable bonds is 2. The van der Waals surface area contributed by atoms with Gasteiger partial charge in [0, 0.05) is 0 Å². The Labute approximate surface area is 37.9 Å². The van der Waals surface area contributed by atoms with E-state index in [0.29, 0.717) is 6.61 Å². The van der Waals surface area contributed by atoms with Crippen LogP contribution in [0.5, 0.6) is 0 Å². The molecule has 0 aliphatic carbocycles. The highest BCUT2D eigenvalue weighted by Gasteiger charge is 2.22. The number of hydrogen-bond donors (Lipinski definition) is 0. The predicted molar refractivity (Wildman–Crippen MR) is 20.9 cm³/mol. The van der Waals surface area contributed by atoms with Crippen LogP contribution in [0, 0.1) is 6.61 Å². The molecule has 1 atom stereocenters. The third-order valence-corrected chi connectivity index (χ3v) is 0.589. The predicted octanol–water partition coefficient (Wildman–Crippen LogP) is -0.353. The van der Waals surface area contributed by atoms with Gasteiger partial charge in [0.1, 0.15) is 12.7 Å². The van der Waals surface area contributed by atoms with Gasteiger partial charge in [-0.05, 0) is 0 Å². The van der Waals surface area contributed by atoms with Crippen LogP contribution in [0.1, 0.15) is 0 Å². The third kappa shape index (κ3) is 0.991. The van der Waals surface area contributed by atoms with Crippen molar-refractivity contribution in [1.29, 1.82) is 0 Å². The Balaban J connectivity index is 1.88. The topological polar surface area (TPSA) is 21.8 Å². The van der Waals surface area contributed by atoms with Crippen LogP contribution in [0.2, 0.25) is 0 Å². The minimum Gasteiger partial charge on any atom is -0.445 e. The lowest BCUT2D eigenvalue weighted by Crippen LogP contribution is -1.95. The van der Waals surface area contributed by atoms with E-state index in [1.165, 1.54) is 0 Å². The molecule has 0 unspecified atom stereocenters. The van der Waals surface area contributed by atoms with Gasteiger partial charge < -0.3 is 9.39 Å². The largest absolute Gasteiger partial charge is 0.445 e. The van der Waals surface area contributed by atoms with E-state index in [1.54, 1.807) is 6.61 Å². The lowest BCUT2D eigenvalue weighted by atomic mass is 10.5. The molecule has 0 spiro atoms. The molecule has 0 N–H and O–H groups in total. The van der Waals surface area contributed by atoms with Crippen molar-refractivity contribution in [2.45, 2.75) is 6.10 Å². The first kappa shape index (κ1) is 4.15. The van der Waals surface area contributed by atoms with Gasteiger partial charge in [-0.15, -0.1) is 0 Å². The van der Waals surface area contributed by atoms with E-state index < -0.39 is 0 Å². The summed E-state index contributed by atoms with van der Waals surface area (Å²) in [4.78, 5) is 0. The summed E-state index contributed by atoms with van der Waals surface area (Å²) in [5.41, 5.74) is 0. The van der Waals surface area contributed by atoms with Crippen molar-refractivity contribution >= 4 is 8.05 Å². The minimum absolute atomic E-state index is 0.176. The van der Waals surface area contributed by atoms with E-state index in [-0.39, 0.29) is 6.10 Å². The zero-order valence-electron chi connectivity index (χ0n) is 3.26. The second kappa shape index (κ2) is 1.62. The summed E-state index contributed by atoms with van der Waals surface area (Å²) >= 11 is 0. The SMILES string of the molecule is [B]OC[C@H]1[CH]O1. The van der Waals surface area contributed by atoms with Gasteiger partial charge in [-0.2, -0.15) is 0 Å². The van der Waals surface area contributed by atoms with Crippen LogP contribution < -0.4 is 0 Å². The van der Waals surface area contributed by atoms with E-state index in [4.69, 9.17) is 0 Å². The van der Waals surface area contributed by atoms with Crippen LogP contribution in [0.15, 0.2) is 0 Å². The van der Waals surface area contributed by atoms with Crippen molar-refractivity contribution in [3.63, 3.8) is 0 Å². The van der Waals surface area contributed by atoms with Gasteiger partial charge >= 0.3 is 0 Å². The van der Waals surface area contributed by atoms with Crippen molar-refractivity contribution in [3.05, 3.63) is 6.61 Å². The average Bonchev–Trinajstić information content (AvgIpc) is 2.21. The second-order valence-corrected chi connectivity index (χ2v) is 1.14. The quantitative estimate of drug-likeness (QED) is 0.336. The van der Waals surface area contributed by atoms with E-state index >= 15 is 0 Å². The summed E-state index contributed by atoms with van der Waals surface area (Å²) in [6, 6.07) is 0. The Morgan fingerprint density at radius 2 is 2.67 bits per heavy atom. The molecule has 1 saturated heterocycles. The summed E-state index contributed by atoms with van der Waals surface area (Å²) in [5, 5.41) is 0. The maximum absolute atomic E-state index is 4.67. The monoisotopic (exact) mass is 83.0 g/mol. The summed E-state index contributed by atoms with van der Waals surface area (Å²) in [5.74, 6) is 0. The van der Waals surface area contributed by atoms with E-state index in [1.807, 2.05) is 0 Å². The van der Waals surface area contributed by atoms with Crippen molar-refractivity contribution in [3.8, 4) is 0 Å². The Bertz CT molecular complexity index is 44.1. The van der Waals surface area contributed by atoms with Crippen molar-refractivity contribution < 1.29 is 9.39 Å². The zero-order chi connectivity index (χ0) is 4.41. The standard InChI is InChI=1S/C3H4BO2/c4-6-2-3-1-5-3/h1,3H,2H2/t3-/m1/s1. The van der Waals surface area contributed by atoms with Gasteiger partial charge in [-0.1, -0.05) is 0 Å². The third-order valence-electron chi connectivity index (χ3n) is 0.589. The van der Waals surface area contributed by atoms with Crippen molar-refractivity contribution in [2.75, 3.05) is 6.61 Å². The summed E-state index contributed by atoms with van der Waals surface area (Å²) in [6.07, 6.45) is 0.176. The molecule has 31 valence electrons. The molecule has 3 radical (unpaired) electrons. The van der Waals surface area contributed by atoms with Crippen molar-refractivity contribution in [2.24, 2.45) is 0 Å². The van der Waals surface area contributed by atoms with E-state index in [0.717, 1.165) is 0 Å². The molecule has 1 fully saturated rings. The number of ether oxygens (including phenoxy) is 1. The molecule has 1 aliphatic rings. The Morgan fingerprint density at radius 1 is 2.00 bits per heavy atom. The first-order valence-corrected chi connectivity index (χ1v) is 1.74. The fourth-order valence-corrected chi connectivity index (χ4v) is 0.229. The number of hydrogen-bond acceptors (Lipinski definition) is 2. The van der Waals surface area contributed by atoms with Gasteiger partial charge in [0.25, 0.3) is 8.05 Å². The maximum Gasteiger partial charge on any atom is 0.282 e. The molecule has 1 heterocycles. The highest BCUT2D eigenvalue weighted by molar-refractivity contribution is 5.97. The average molecular weight is 82.9 g/mol. The van der Waals surface area contributed by atoms with E-state index in [9.17, 15) is 0 Å². The molecule has 0 saturated carbocycles. The normalized spacial score (nSPS) is 30.3. The lowest BCUT2D eigenvalue weighted by molar-refractivity contribution is 0.283. The first-order valence-electron chi connectivity index (χ1n) is 1.74. The summed E-state index contributed by atoms with van der Waals surface area (Å²) in [6.45, 7) is 2.16. The smallest absolute Gasteiger partial charge is 0.282 e. The lowest BCUT2D eigenvalue weighted by Gasteiger charge is -1.85. The molecule has 6 heavy (non-hydrogen) atoms. The molecule has 0 aromatic heterocycles. The van der Waals surface area contributed by atoms with Gasteiger partial charge in [0.2, 0.25) is 0 Å². The molecular formula is C3H4BO2. The Morgan fingerprint density at radius 3 is 2.83 bits per heavy atom. The molecule has 3 heteroatoms. The minimum atomic E-state index is 0.176. The fourth-order valence-electron chi connectivity index (χ4n) is 0.229. The molecule has 0 bridgehead atoms. The van der Waals surface area contributed by atoms with Gasteiger partial charge in [0.05, 0.1) is 6.61 Å². The zero-order valence-corrected chi connectivity index (χ0v) is 3.26. The highest BCUT2D eigenvalue weighted by atomic mass is 16.6. The van der Waals surface area contributed by atoms with Crippen LogP contribution in [-0.4, -0.2) is 20.8 Å². The molecule has 0 aromatic carbocycles. The van der Waals surface area contributed by atoms with E-state index in [2.05, 4.69) is 17.4 Å². The van der Waals surface area contributed by atoms with Gasteiger partial charge in [-0.25, -0.2) is 0 Å².